The highest BCUT2D eigenvalue weighted by molar-refractivity contribution is 6.14. The van der Waals surface area contributed by atoms with Crippen LogP contribution in [0.15, 0.2) is 0 Å². The Morgan fingerprint density at radius 2 is 1.33 bits per heavy atom. The fourth-order valence-corrected chi connectivity index (χ4v) is 2.93. The van der Waals surface area contributed by atoms with E-state index >= 15 is 0 Å². The average molecular weight is 466 g/mol. The summed E-state index contributed by atoms with van der Waals surface area (Å²) in [6.07, 6.45) is 1.58. The molecule has 0 spiro atoms. The molecule has 0 aromatic carbocycles. The molecular weight excluding hydrogens is 425 g/mol. The normalized spacial score (nSPS) is 13.1. The third-order valence-electron chi connectivity index (χ3n) is 5.15. The number of amides is 3. The Morgan fingerprint density at radius 3 is 1.88 bits per heavy atom. The number of carbonyl (C=O) groups excluding carboxylic acids is 4. The van der Waals surface area contributed by atoms with E-state index in [-0.39, 0.29) is 75.4 Å². The Balaban J connectivity index is 5.33. The van der Waals surface area contributed by atoms with Gasteiger partial charge in [-0.3, -0.25) is 19.2 Å². The van der Waals surface area contributed by atoms with E-state index in [2.05, 4.69) is 21.0 Å². The van der Waals surface area contributed by atoms with Gasteiger partial charge in [0.15, 0.2) is 7.98 Å². The summed E-state index contributed by atoms with van der Waals surface area (Å²) < 4.78 is 11.6. The van der Waals surface area contributed by atoms with Crippen molar-refractivity contribution in [2.75, 3.05) is 33.0 Å². The van der Waals surface area contributed by atoms with Crippen molar-refractivity contribution in [3.05, 3.63) is 0 Å². The summed E-state index contributed by atoms with van der Waals surface area (Å²) in [6.45, 7) is 7.10. The molecule has 0 aliphatic heterocycles. The molecule has 3 amide bonds. The van der Waals surface area contributed by atoms with Gasteiger partial charge in [-0.1, -0.05) is 20.8 Å². The maximum atomic E-state index is 12.8. The van der Waals surface area contributed by atoms with E-state index in [4.69, 9.17) is 9.47 Å². The average Bonchev–Trinajstić information content (AvgIpc) is 2.77. The molecule has 0 aliphatic carbocycles. The number of rotatable bonds is 18. The zero-order chi connectivity index (χ0) is 25.3. The zero-order valence-electron chi connectivity index (χ0n) is 21.2. The Morgan fingerprint density at radius 1 is 0.758 bits per heavy atom. The van der Waals surface area contributed by atoms with E-state index in [1.807, 2.05) is 28.8 Å². The second-order valence-corrected chi connectivity index (χ2v) is 9.16. The maximum absolute atomic E-state index is 12.8. The van der Waals surface area contributed by atoms with Gasteiger partial charge in [0.25, 0.3) is 0 Å². The van der Waals surface area contributed by atoms with Crippen LogP contribution in [0.5, 0.6) is 0 Å². The van der Waals surface area contributed by atoms with E-state index < -0.39 is 11.0 Å². The summed E-state index contributed by atoms with van der Waals surface area (Å²) in [6, 6.07) is 0. The number of carbonyl (C=O) groups is 4. The van der Waals surface area contributed by atoms with Crippen molar-refractivity contribution in [3.63, 3.8) is 0 Å². The van der Waals surface area contributed by atoms with Crippen LogP contribution >= 0.6 is 0 Å². The van der Waals surface area contributed by atoms with Crippen LogP contribution in [0.1, 0.15) is 59.3 Å². The minimum absolute atomic E-state index is 0.00115. The van der Waals surface area contributed by atoms with Crippen molar-refractivity contribution in [2.24, 2.45) is 5.41 Å². The maximum Gasteiger partial charge on any atom is 0.221 e. The number of ether oxygens (including phenoxy) is 2. The molecule has 0 saturated carbocycles. The Labute approximate surface area is 200 Å². The van der Waals surface area contributed by atoms with Gasteiger partial charge < -0.3 is 30.5 Å². The minimum Gasteiger partial charge on any atom is -0.406 e. The number of hydrogen-bond donors (Lipinski definition) is 4. The van der Waals surface area contributed by atoms with Gasteiger partial charge >= 0.3 is 0 Å². The highest BCUT2D eigenvalue weighted by Gasteiger charge is 2.34. The van der Waals surface area contributed by atoms with Crippen LogP contribution in [0.3, 0.4) is 0 Å². The number of Topliss-reactive ketones (excluding diaryl/α,β-unsaturated/α-hetero) is 1. The Kier molecular flexibility index (Phi) is 15.8. The molecule has 10 nitrogen and oxygen atoms in total. The minimum atomic E-state index is -0.962. The van der Waals surface area contributed by atoms with Crippen LogP contribution in [0, 0.1) is 5.41 Å². The first kappa shape index (κ1) is 31.2. The smallest absolute Gasteiger partial charge is 0.221 e. The molecule has 0 saturated heterocycles. The molecule has 0 aromatic heterocycles. The van der Waals surface area contributed by atoms with Gasteiger partial charge in [-0.2, -0.15) is 0 Å². The lowest BCUT2D eigenvalue weighted by Crippen LogP contribution is -2.56. The van der Waals surface area contributed by atoms with Crippen molar-refractivity contribution >= 4 is 47.4 Å². The van der Waals surface area contributed by atoms with Gasteiger partial charge in [0.2, 0.25) is 33.7 Å². The molecule has 0 bridgehead atoms. The number of nitrogens with one attached hydrogen (secondary N) is 4. The predicted molar refractivity (Wildman–Crippen MR) is 135 cm³/mol. The van der Waals surface area contributed by atoms with Crippen LogP contribution < -0.4 is 21.0 Å². The molecule has 13 heteroatoms. The largest absolute Gasteiger partial charge is 0.406 e. The first-order valence-corrected chi connectivity index (χ1v) is 11.5. The topological polar surface area (TPSA) is 135 Å². The van der Waals surface area contributed by atoms with Crippen LogP contribution in [0.25, 0.3) is 0 Å². The zero-order valence-corrected chi connectivity index (χ0v) is 21.2. The van der Waals surface area contributed by atoms with Crippen LogP contribution in [0.4, 0.5) is 0 Å². The first-order valence-electron chi connectivity index (χ1n) is 11.5. The molecule has 33 heavy (non-hydrogen) atoms. The van der Waals surface area contributed by atoms with Crippen LogP contribution in [0.2, 0.25) is 0 Å². The third kappa shape index (κ3) is 14.8. The van der Waals surface area contributed by atoms with Crippen molar-refractivity contribution in [1.29, 1.82) is 0 Å². The van der Waals surface area contributed by atoms with Crippen LogP contribution in [-0.4, -0.2) is 86.0 Å². The fraction of sp³-hybridized carbons (Fsp3) is 0.800. The van der Waals surface area contributed by atoms with Gasteiger partial charge in [0.05, 0.1) is 25.4 Å². The van der Waals surface area contributed by atoms with E-state index in [1.165, 1.54) is 0 Å². The highest BCUT2D eigenvalue weighted by Crippen LogP contribution is 2.19. The van der Waals surface area contributed by atoms with Crippen LogP contribution in [-0.2, 0) is 28.7 Å². The lowest BCUT2D eigenvalue weighted by atomic mass is 9.88. The SMILES string of the molecule is BNCCCOCC(CCC(=O)NB)(COCCC(=O)NB)NC(=O)CCC(=O)C(C)(C)C. The molecule has 0 aromatic rings. The monoisotopic (exact) mass is 466 g/mol. The summed E-state index contributed by atoms with van der Waals surface area (Å²) in [5.41, 5.74) is -1.48. The molecule has 1 atom stereocenters. The fourth-order valence-electron chi connectivity index (χ4n) is 2.93. The van der Waals surface area contributed by atoms with Crippen molar-refractivity contribution in [2.45, 2.75) is 64.8 Å². The highest BCUT2D eigenvalue weighted by atomic mass is 16.5. The Hall–Kier alpha value is -1.85. The third-order valence-corrected chi connectivity index (χ3v) is 5.15. The summed E-state index contributed by atoms with van der Waals surface area (Å²) in [5, 5.41) is 11.1. The van der Waals surface area contributed by atoms with Gasteiger partial charge in [-0.15, -0.1) is 0 Å². The lowest BCUT2D eigenvalue weighted by Gasteiger charge is -2.34. The van der Waals surface area contributed by atoms with E-state index in [0.717, 1.165) is 13.0 Å². The van der Waals surface area contributed by atoms with Gasteiger partial charge in [0.1, 0.15) is 5.78 Å². The molecule has 186 valence electrons. The van der Waals surface area contributed by atoms with E-state index in [1.54, 1.807) is 16.0 Å². The second kappa shape index (κ2) is 16.7. The van der Waals surface area contributed by atoms with Gasteiger partial charge in [-0.05, 0) is 19.4 Å². The van der Waals surface area contributed by atoms with Crippen molar-refractivity contribution < 1.29 is 28.7 Å². The summed E-state index contributed by atoms with van der Waals surface area (Å²) in [7, 11) is 4.95. The summed E-state index contributed by atoms with van der Waals surface area (Å²) in [4.78, 5) is 48.4. The molecule has 0 aliphatic rings. The molecule has 0 fully saturated rings. The molecule has 0 radical (unpaired) electrons. The molecule has 4 N–H and O–H groups in total. The Bertz CT molecular complexity index is 633. The molecule has 0 rings (SSSR count). The molecular formula is C20H41B3N4O6. The number of ketones is 1. The number of hydrogen-bond acceptors (Lipinski definition) is 7. The summed E-state index contributed by atoms with van der Waals surface area (Å²) >= 11 is 0. The van der Waals surface area contributed by atoms with Crippen molar-refractivity contribution in [1.82, 2.24) is 21.0 Å². The van der Waals surface area contributed by atoms with E-state index in [0.29, 0.717) is 6.61 Å². The lowest BCUT2D eigenvalue weighted by molar-refractivity contribution is -0.131. The second-order valence-electron chi connectivity index (χ2n) is 9.16. The first-order chi connectivity index (χ1) is 15.5. The standard InChI is InChI=1S/C20H41B3N4O6/c1-19(2,3)15(28)5-6-16(29)25-20(9-7-17(30)26-22,13-32-11-4-10-24-21)14-33-12-8-18(31)27-23/h24H,4-14,21-23H2,1-3H3,(H,25,29)(H,26,30)(H,27,31). The van der Waals surface area contributed by atoms with Gasteiger partial charge in [-0.25, -0.2) is 0 Å². The molecule has 0 heterocycles. The van der Waals surface area contributed by atoms with Crippen molar-refractivity contribution in [3.8, 4) is 0 Å². The quantitative estimate of drug-likeness (QED) is 0.128. The van der Waals surface area contributed by atoms with Gasteiger partial charge in [0, 0.05) is 37.7 Å². The van der Waals surface area contributed by atoms with E-state index in [9.17, 15) is 19.2 Å². The molecule has 1 unspecified atom stereocenters. The predicted octanol–water partition coefficient (Wildman–Crippen LogP) is -2.70. The summed E-state index contributed by atoms with van der Waals surface area (Å²) in [5.74, 6) is -0.631.